The van der Waals surface area contributed by atoms with E-state index in [0.29, 0.717) is 0 Å². The molecule has 0 fully saturated rings. The molecule has 0 aliphatic heterocycles. The Kier molecular flexibility index (Phi) is 4.18. The van der Waals surface area contributed by atoms with Crippen molar-refractivity contribution < 1.29 is 9.47 Å². The van der Waals surface area contributed by atoms with Crippen molar-refractivity contribution in [1.82, 2.24) is 9.97 Å². The zero-order valence-corrected chi connectivity index (χ0v) is 11.3. The van der Waals surface area contributed by atoms with Gasteiger partial charge in [0.15, 0.2) is 0 Å². The van der Waals surface area contributed by atoms with Gasteiger partial charge in [0.05, 0.1) is 37.8 Å². The van der Waals surface area contributed by atoms with Crippen molar-refractivity contribution in [2.75, 3.05) is 19.5 Å². The number of nitrogens with one attached hydrogen (secondary N) is 1. The Morgan fingerprint density at radius 1 is 1.16 bits per heavy atom. The molecule has 1 N–H and O–H groups in total. The number of rotatable bonds is 5. The lowest BCUT2D eigenvalue weighted by molar-refractivity contribution is 0.395. The predicted molar refractivity (Wildman–Crippen MR) is 73.6 cm³/mol. The highest BCUT2D eigenvalue weighted by molar-refractivity contribution is 5.59. The molecule has 19 heavy (non-hydrogen) atoms. The van der Waals surface area contributed by atoms with Crippen LogP contribution >= 0.6 is 0 Å². The number of anilines is 1. The van der Waals surface area contributed by atoms with Gasteiger partial charge in [0.1, 0.15) is 11.5 Å². The molecule has 0 aliphatic carbocycles. The number of hydrogen-bond acceptors (Lipinski definition) is 5. The van der Waals surface area contributed by atoms with Crippen molar-refractivity contribution in [3.8, 4) is 11.5 Å². The van der Waals surface area contributed by atoms with E-state index in [1.54, 1.807) is 32.8 Å². The lowest BCUT2D eigenvalue weighted by atomic mass is 10.2. The summed E-state index contributed by atoms with van der Waals surface area (Å²) >= 11 is 0. The molecule has 0 spiro atoms. The van der Waals surface area contributed by atoms with E-state index in [0.717, 1.165) is 22.9 Å². The van der Waals surface area contributed by atoms with E-state index < -0.39 is 0 Å². The highest BCUT2D eigenvalue weighted by Crippen LogP contribution is 2.31. The fourth-order valence-electron chi connectivity index (χ4n) is 1.76. The first-order chi connectivity index (χ1) is 9.24. The number of hydrogen-bond donors (Lipinski definition) is 1. The Morgan fingerprint density at radius 3 is 2.63 bits per heavy atom. The van der Waals surface area contributed by atoms with Crippen molar-refractivity contribution >= 4 is 5.69 Å². The molecule has 5 nitrogen and oxygen atoms in total. The molecule has 0 saturated carbocycles. The third kappa shape index (κ3) is 3.13. The van der Waals surface area contributed by atoms with Gasteiger partial charge >= 0.3 is 0 Å². The molecule has 2 aromatic rings. The number of aromatic nitrogens is 2. The Bertz CT molecular complexity index is 531. The second kappa shape index (κ2) is 6.04. The predicted octanol–water partition coefficient (Wildman–Crippen LogP) is 2.67. The van der Waals surface area contributed by atoms with Crippen molar-refractivity contribution in [1.29, 1.82) is 0 Å². The number of methoxy groups -OCH3 is 2. The quantitative estimate of drug-likeness (QED) is 0.894. The van der Waals surface area contributed by atoms with Gasteiger partial charge in [0, 0.05) is 18.5 Å². The van der Waals surface area contributed by atoms with Crippen LogP contribution in [0.5, 0.6) is 11.5 Å². The highest BCUT2D eigenvalue weighted by Gasteiger charge is 2.10. The molecular weight excluding hydrogens is 242 g/mol. The van der Waals surface area contributed by atoms with Crippen molar-refractivity contribution in [2.24, 2.45) is 0 Å². The SMILES string of the molecule is COc1ccc(NC(C)c2cnccn2)c(OC)c1. The standard InChI is InChI=1S/C14H17N3O2/c1-10(13-9-15-6-7-16-13)17-12-5-4-11(18-2)8-14(12)19-3/h4-10,17H,1-3H3. The number of ether oxygens (including phenoxy) is 2. The van der Waals surface area contributed by atoms with Crippen LogP contribution in [-0.4, -0.2) is 24.2 Å². The Morgan fingerprint density at radius 2 is 2.00 bits per heavy atom. The van der Waals surface area contributed by atoms with E-state index in [1.807, 2.05) is 25.1 Å². The molecule has 0 aliphatic rings. The summed E-state index contributed by atoms with van der Waals surface area (Å²) in [7, 11) is 3.26. The van der Waals surface area contributed by atoms with E-state index in [-0.39, 0.29) is 6.04 Å². The molecule has 0 amide bonds. The maximum Gasteiger partial charge on any atom is 0.145 e. The molecule has 1 aromatic carbocycles. The molecule has 1 aromatic heterocycles. The van der Waals surface area contributed by atoms with Gasteiger partial charge in [-0.15, -0.1) is 0 Å². The van der Waals surface area contributed by atoms with E-state index in [2.05, 4.69) is 15.3 Å². The van der Waals surface area contributed by atoms with E-state index >= 15 is 0 Å². The Hall–Kier alpha value is -2.30. The third-order valence-electron chi connectivity index (χ3n) is 2.81. The zero-order valence-electron chi connectivity index (χ0n) is 11.3. The summed E-state index contributed by atoms with van der Waals surface area (Å²) in [5, 5.41) is 3.35. The average Bonchev–Trinajstić information content (AvgIpc) is 2.48. The number of nitrogens with zero attached hydrogens (tertiary/aromatic N) is 2. The van der Waals surface area contributed by atoms with Crippen molar-refractivity contribution in [3.63, 3.8) is 0 Å². The van der Waals surface area contributed by atoms with Crippen LogP contribution in [0, 0.1) is 0 Å². The van der Waals surface area contributed by atoms with Crippen molar-refractivity contribution in [3.05, 3.63) is 42.5 Å². The van der Waals surface area contributed by atoms with Gasteiger partial charge in [-0.05, 0) is 19.1 Å². The first-order valence-electron chi connectivity index (χ1n) is 5.99. The van der Waals surface area contributed by atoms with Gasteiger partial charge < -0.3 is 14.8 Å². The maximum absolute atomic E-state index is 5.35. The summed E-state index contributed by atoms with van der Waals surface area (Å²) in [5.41, 5.74) is 1.77. The van der Waals surface area contributed by atoms with E-state index in [9.17, 15) is 0 Å². The molecule has 1 unspecified atom stereocenters. The first kappa shape index (κ1) is 13.1. The van der Waals surface area contributed by atoms with E-state index in [1.165, 1.54) is 0 Å². The first-order valence-corrected chi connectivity index (χ1v) is 5.99. The van der Waals surface area contributed by atoms with Crippen LogP contribution < -0.4 is 14.8 Å². The monoisotopic (exact) mass is 259 g/mol. The van der Waals surface area contributed by atoms with Gasteiger partial charge in [0.2, 0.25) is 0 Å². The van der Waals surface area contributed by atoms with Crippen LogP contribution in [0.15, 0.2) is 36.8 Å². The van der Waals surface area contributed by atoms with Gasteiger partial charge in [-0.3, -0.25) is 9.97 Å². The molecule has 0 saturated heterocycles. The summed E-state index contributed by atoms with van der Waals surface area (Å²) in [5.74, 6) is 1.49. The van der Waals surface area contributed by atoms with Crippen LogP contribution in [-0.2, 0) is 0 Å². The van der Waals surface area contributed by atoms with Crippen LogP contribution in [0.1, 0.15) is 18.7 Å². The minimum absolute atomic E-state index is 0.0380. The molecule has 0 bridgehead atoms. The summed E-state index contributed by atoms with van der Waals surface area (Å²) in [6.07, 6.45) is 5.08. The molecular formula is C14H17N3O2. The minimum Gasteiger partial charge on any atom is -0.497 e. The topological polar surface area (TPSA) is 56.3 Å². The third-order valence-corrected chi connectivity index (χ3v) is 2.81. The normalized spacial score (nSPS) is 11.7. The van der Waals surface area contributed by atoms with Crippen LogP contribution in [0.3, 0.4) is 0 Å². The Labute approximate surface area is 112 Å². The molecule has 1 atom stereocenters. The lowest BCUT2D eigenvalue weighted by Crippen LogP contribution is -2.09. The molecule has 0 radical (unpaired) electrons. The van der Waals surface area contributed by atoms with Gasteiger partial charge in [-0.25, -0.2) is 0 Å². The molecule has 1 heterocycles. The second-order valence-electron chi connectivity index (χ2n) is 4.06. The van der Waals surface area contributed by atoms with Gasteiger partial charge in [-0.1, -0.05) is 0 Å². The van der Waals surface area contributed by atoms with Gasteiger partial charge in [0.25, 0.3) is 0 Å². The molecule has 100 valence electrons. The largest absolute Gasteiger partial charge is 0.497 e. The highest BCUT2D eigenvalue weighted by atomic mass is 16.5. The van der Waals surface area contributed by atoms with Crippen molar-refractivity contribution in [2.45, 2.75) is 13.0 Å². The fourth-order valence-corrected chi connectivity index (χ4v) is 1.76. The summed E-state index contributed by atoms with van der Waals surface area (Å²) in [6, 6.07) is 5.68. The van der Waals surface area contributed by atoms with Crippen LogP contribution in [0.25, 0.3) is 0 Å². The van der Waals surface area contributed by atoms with Gasteiger partial charge in [-0.2, -0.15) is 0 Å². The molecule has 2 rings (SSSR count). The second-order valence-corrected chi connectivity index (χ2v) is 4.06. The summed E-state index contributed by atoms with van der Waals surface area (Å²) < 4.78 is 10.5. The summed E-state index contributed by atoms with van der Waals surface area (Å²) in [4.78, 5) is 8.34. The smallest absolute Gasteiger partial charge is 0.145 e. The molecule has 5 heteroatoms. The van der Waals surface area contributed by atoms with Crippen LogP contribution in [0.4, 0.5) is 5.69 Å². The number of benzene rings is 1. The Balaban J connectivity index is 2.19. The minimum atomic E-state index is 0.0380. The fraction of sp³-hybridized carbons (Fsp3) is 0.286. The zero-order chi connectivity index (χ0) is 13.7. The summed E-state index contributed by atoms with van der Waals surface area (Å²) in [6.45, 7) is 2.02. The maximum atomic E-state index is 5.35. The van der Waals surface area contributed by atoms with E-state index in [4.69, 9.17) is 9.47 Å². The van der Waals surface area contributed by atoms with Crippen LogP contribution in [0.2, 0.25) is 0 Å². The lowest BCUT2D eigenvalue weighted by Gasteiger charge is -2.17. The average molecular weight is 259 g/mol.